The van der Waals surface area contributed by atoms with E-state index in [4.69, 9.17) is 18.6 Å². The molecule has 0 amide bonds. The SMILES string of the molecule is CC(C)(C)CC(O)CC(O)CC(C)(C)C.CC(C)(C)CC1CC(CC(C)(C)C)O[B-]2(O1)OC(CC(C)(C)C)CC(CC(C)(C)C)O2. The first-order chi connectivity index (χ1) is 20.2. The zero-order valence-electron chi connectivity index (χ0n) is 33.9. The maximum absolute atomic E-state index is 9.79. The van der Waals surface area contributed by atoms with Crippen molar-refractivity contribution in [1.29, 1.82) is 0 Å². The van der Waals surface area contributed by atoms with Crippen molar-refractivity contribution >= 4 is 6.96 Å². The van der Waals surface area contributed by atoms with Crippen LogP contribution in [0.15, 0.2) is 0 Å². The van der Waals surface area contributed by atoms with Gasteiger partial charge >= 0.3 is 6.96 Å². The van der Waals surface area contributed by atoms with Crippen LogP contribution in [0.3, 0.4) is 0 Å². The predicted octanol–water partition coefficient (Wildman–Crippen LogP) is 10.5. The Hall–Kier alpha value is -0.175. The molecule has 7 heteroatoms. The molecule has 0 aromatic carbocycles. The number of hydrogen-bond acceptors (Lipinski definition) is 6. The van der Waals surface area contributed by atoms with Crippen LogP contribution in [0.25, 0.3) is 0 Å². The normalized spacial score (nSPS) is 28.4. The Morgan fingerprint density at radius 1 is 0.435 bits per heavy atom. The Labute approximate surface area is 286 Å². The molecular formula is C39H80BO6-. The molecule has 2 aliphatic heterocycles. The van der Waals surface area contributed by atoms with Gasteiger partial charge in [0, 0.05) is 24.4 Å². The minimum atomic E-state index is -2.21. The molecule has 0 saturated carbocycles. The molecule has 0 aliphatic carbocycles. The smallest absolute Gasteiger partial charge is 0.516 e. The van der Waals surface area contributed by atoms with E-state index in [1.807, 2.05) is 0 Å². The van der Waals surface area contributed by atoms with Gasteiger partial charge in [0.05, 0.1) is 12.2 Å². The average molecular weight is 656 g/mol. The van der Waals surface area contributed by atoms with Gasteiger partial charge in [0.1, 0.15) is 0 Å². The molecule has 2 rings (SSSR count). The summed E-state index contributed by atoms with van der Waals surface area (Å²) in [5, 5.41) is 19.6. The van der Waals surface area contributed by atoms with E-state index in [9.17, 15) is 10.2 Å². The third kappa shape index (κ3) is 21.0. The summed E-state index contributed by atoms with van der Waals surface area (Å²) < 4.78 is 26.5. The molecular weight excluding hydrogens is 575 g/mol. The molecule has 1 spiro atoms. The third-order valence-corrected chi connectivity index (χ3v) is 8.09. The van der Waals surface area contributed by atoms with Gasteiger partial charge in [-0.3, -0.25) is 0 Å². The maximum Gasteiger partial charge on any atom is 0.532 e. The van der Waals surface area contributed by atoms with Gasteiger partial charge in [-0.05, 0) is 90.3 Å². The Morgan fingerprint density at radius 2 is 0.652 bits per heavy atom. The summed E-state index contributed by atoms with van der Waals surface area (Å²) in [6.45, 7) is 37.7. The second kappa shape index (κ2) is 16.2. The standard InChI is InChI=1S/C26H52BO4.C13H28O2/c1-23(2,3)15-19-13-20(16-24(4,5)6)29-27(28-19)30-21(17-25(7,8)9)14-22(31-27)18-26(10,11)12;1-12(2,3)8-10(14)7-11(15)9-13(4,5)6/h19-22H,13-18H2,1-12H3;10-11,14-15H,7-9H2,1-6H3/q-1;. The molecule has 0 bridgehead atoms. The molecule has 6 nitrogen and oxygen atoms in total. The van der Waals surface area contributed by atoms with E-state index in [-0.39, 0.29) is 69.1 Å². The number of aliphatic hydroxyl groups excluding tert-OH is 2. The Bertz CT molecular complexity index is 754. The van der Waals surface area contributed by atoms with E-state index in [0.29, 0.717) is 6.42 Å². The minimum absolute atomic E-state index is 0.0878. The van der Waals surface area contributed by atoms with E-state index in [1.54, 1.807) is 0 Å². The summed E-state index contributed by atoms with van der Waals surface area (Å²) in [6.07, 6.45) is 7.26. The fourth-order valence-electron chi connectivity index (χ4n) is 7.10. The van der Waals surface area contributed by atoms with Crippen molar-refractivity contribution in [2.24, 2.45) is 32.5 Å². The number of rotatable bonds is 8. The highest BCUT2D eigenvalue weighted by atomic mass is 16.9. The lowest BCUT2D eigenvalue weighted by Gasteiger charge is -2.58. The molecule has 0 aromatic rings. The first-order valence-corrected chi connectivity index (χ1v) is 18.4. The first kappa shape index (κ1) is 43.8. The first-order valence-electron chi connectivity index (χ1n) is 18.4. The van der Waals surface area contributed by atoms with Crippen molar-refractivity contribution in [2.45, 2.75) is 219 Å². The van der Waals surface area contributed by atoms with Crippen molar-refractivity contribution in [3.8, 4) is 0 Å². The highest BCUT2D eigenvalue weighted by Gasteiger charge is 2.49. The average Bonchev–Trinajstić information content (AvgIpc) is 2.64. The second-order valence-electron chi connectivity index (χ2n) is 22.2. The van der Waals surface area contributed by atoms with Crippen molar-refractivity contribution in [1.82, 2.24) is 0 Å². The highest BCUT2D eigenvalue weighted by Crippen LogP contribution is 2.43. The van der Waals surface area contributed by atoms with Crippen LogP contribution in [0, 0.1) is 32.5 Å². The van der Waals surface area contributed by atoms with Crippen molar-refractivity contribution < 1.29 is 28.8 Å². The monoisotopic (exact) mass is 656 g/mol. The zero-order chi connectivity index (χ0) is 36.2. The lowest BCUT2D eigenvalue weighted by molar-refractivity contribution is -0.182. The number of hydrogen-bond donors (Lipinski definition) is 2. The largest absolute Gasteiger partial charge is 0.532 e. The second-order valence-corrected chi connectivity index (χ2v) is 22.2. The summed E-state index contributed by atoms with van der Waals surface area (Å²) in [4.78, 5) is 0. The fraction of sp³-hybridized carbons (Fsp3) is 1.00. The highest BCUT2D eigenvalue weighted by molar-refractivity contribution is 6.54. The molecule has 2 N–H and O–H groups in total. The van der Waals surface area contributed by atoms with Gasteiger partial charge in [-0.15, -0.1) is 0 Å². The molecule has 0 radical (unpaired) electrons. The van der Waals surface area contributed by atoms with Gasteiger partial charge in [-0.2, -0.15) is 0 Å². The fourth-order valence-corrected chi connectivity index (χ4v) is 7.10. The van der Waals surface area contributed by atoms with E-state index in [2.05, 4.69) is 125 Å². The van der Waals surface area contributed by atoms with E-state index in [0.717, 1.165) is 51.4 Å². The van der Waals surface area contributed by atoms with Crippen LogP contribution in [0.4, 0.5) is 0 Å². The van der Waals surface area contributed by atoms with Gasteiger partial charge in [0.25, 0.3) is 0 Å². The quantitative estimate of drug-likeness (QED) is 0.253. The maximum atomic E-state index is 9.79. The van der Waals surface area contributed by atoms with Crippen LogP contribution in [0.2, 0.25) is 0 Å². The van der Waals surface area contributed by atoms with Crippen LogP contribution < -0.4 is 0 Å². The van der Waals surface area contributed by atoms with Crippen LogP contribution in [-0.4, -0.2) is 53.8 Å². The molecule has 2 fully saturated rings. The summed E-state index contributed by atoms with van der Waals surface area (Å²) in [5.41, 5.74) is 0.957. The summed E-state index contributed by atoms with van der Waals surface area (Å²) >= 11 is 0. The van der Waals surface area contributed by atoms with Gasteiger partial charge < -0.3 is 28.8 Å². The predicted molar refractivity (Wildman–Crippen MR) is 196 cm³/mol. The van der Waals surface area contributed by atoms with Gasteiger partial charge in [0.2, 0.25) is 0 Å². The van der Waals surface area contributed by atoms with Crippen molar-refractivity contribution in [3.63, 3.8) is 0 Å². The minimum Gasteiger partial charge on any atom is -0.516 e. The summed E-state index contributed by atoms with van der Waals surface area (Å²) in [6, 6.07) is 0. The van der Waals surface area contributed by atoms with Gasteiger partial charge in [-0.1, -0.05) is 125 Å². The number of aliphatic hydroxyl groups is 2. The van der Waals surface area contributed by atoms with Crippen LogP contribution in [0.1, 0.15) is 182 Å². The van der Waals surface area contributed by atoms with Crippen molar-refractivity contribution in [2.75, 3.05) is 0 Å². The van der Waals surface area contributed by atoms with Gasteiger partial charge in [-0.25, -0.2) is 0 Å². The molecule has 2 aliphatic rings. The molecule has 276 valence electrons. The van der Waals surface area contributed by atoms with Crippen LogP contribution in [0.5, 0.6) is 0 Å². The topological polar surface area (TPSA) is 77.4 Å². The van der Waals surface area contributed by atoms with Crippen LogP contribution in [-0.2, 0) is 18.6 Å². The van der Waals surface area contributed by atoms with E-state index in [1.165, 1.54) is 0 Å². The van der Waals surface area contributed by atoms with E-state index < -0.39 is 6.96 Å². The molecule has 0 aromatic heterocycles. The molecule has 6 unspecified atom stereocenters. The Kier molecular flexibility index (Phi) is 15.5. The Balaban J connectivity index is 0.000000595. The van der Waals surface area contributed by atoms with E-state index >= 15 is 0 Å². The van der Waals surface area contributed by atoms with Crippen LogP contribution >= 0.6 is 0 Å². The Morgan fingerprint density at radius 3 is 0.826 bits per heavy atom. The third-order valence-electron chi connectivity index (χ3n) is 8.09. The van der Waals surface area contributed by atoms with Gasteiger partial charge in [0.15, 0.2) is 0 Å². The molecule has 6 atom stereocenters. The zero-order valence-corrected chi connectivity index (χ0v) is 33.9. The summed E-state index contributed by atoms with van der Waals surface area (Å²) in [5.74, 6) is 0. The van der Waals surface area contributed by atoms with Crippen molar-refractivity contribution in [3.05, 3.63) is 0 Å². The molecule has 2 saturated heterocycles. The molecule has 46 heavy (non-hydrogen) atoms. The summed E-state index contributed by atoms with van der Waals surface area (Å²) in [7, 11) is 0. The molecule has 2 heterocycles. The lowest BCUT2D eigenvalue weighted by Crippen LogP contribution is -2.64. The lowest BCUT2D eigenvalue weighted by atomic mass is 9.78.